The van der Waals surface area contributed by atoms with Gasteiger partial charge in [0.2, 0.25) is 18.1 Å². The first-order valence-corrected chi connectivity index (χ1v) is 12.8. The SMILES string of the molecule is CC(C)c1[nH]nc(OC2O[C@H](CO)[C@@H](O)[C@H](O)[C@H]2O)c1Cc1ccc(CCCC(=O)N[C@@H](C)CN)cc1. The number of H-pyrrole nitrogens is 1. The number of hydrogen-bond donors (Lipinski definition) is 7. The van der Waals surface area contributed by atoms with Gasteiger partial charge in [0.25, 0.3) is 0 Å². The van der Waals surface area contributed by atoms with Crippen molar-refractivity contribution in [3.05, 3.63) is 46.6 Å². The van der Waals surface area contributed by atoms with E-state index in [0.717, 1.165) is 35.2 Å². The van der Waals surface area contributed by atoms with Crippen LogP contribution in [0.25, 0.3) is 0 Å². The molecule has 1 aliphatic heterocycles. The summed E-state index contributed by atoms with van der Waals surface area (Å²) in [4.78, 5) is 11.9. The molecule has 11 nitrogen and oxygen atoms in total. The summed E-state index contributed by atoms with van der Waals surface area (Å²) in [6, 6.07) is 8.06. The molecule has 0 bridgehead atoms. The first kappa shape index (κ1) is 29.0. The number of aromatic amines is 1. The molecule has 1 amide bonds. The van der Waals surface area contributed by atoms with E-state index >= 15 is 0 Å². The van der Waals surface area contributed by atoms with Crippen LogP contribution in [-0.2, 0) is 22.4 Å². The highest BCUT2D eigenvalue weighted by molar-refractivity contribution is 5.76. The van der Waals surface area contributed by atoms with Crippen molar-refractivity contribution in [1.82, 2.24) is 15.5 Å². The first-order valence-electron chi connectivity index (χ1n) is 12.8. The van der Waals surface area contributed by atoms with Crippen molar-refractivity contribution in [3.63, 3.8) is 0 Å². The molecular formula is C26H40N4O7. The lowest BCUT2D eigenvalue weighted by Gasteiger charge is -2.39. The quantitative estimate of drug-likeness (QED) is 0.204. The third-order valence-electron chi connectivity index (χ3n) is 6.55. The van der Waals surface area contributed by atoms with Crippen LogP contribution >= 0.6 is 0 Å². The molecule has 8 N–H and O–H groups in total. The van der Waals surface area contributed by atoms with E-state index in [1.54, 1.807) is 0 Å². The average molecular weight is 521 g/mol. The molecule has 0 saturated carbocycles. The summed E-state index contributed by atoms with van der Waals surface area (Å²) in [6.45, 7) is 5.78. The van der Waals surface area contributed by atoms with Crippen LogP contribution in [0.2, 0.25) is 0 Å². The largest absolute Gasteiger partial charge is 0.443 e. The van der Waals surface area contributed by atoms with Gasteiger partial charge in [-0.3, -0.25) is 9.89 Å². The van der Waals surface area contributed by atoms with Gasteiger partial charge in [0, 0.05) is 36.7 Å². The number of rotatable bonds is 12. The average Bonchev–Trinajstić information content (AvgIpc) is 3.27. The van der Waals surface area contributed by atoms with E-state index in [-0.39, 0.29) is 23.7 Å². The molecule has 1 aliphatic rings. The second-order valence-electron chi connectivity index (χ2n) is 9.94. The van der Waals surface area contributed by atoms with Gasteiger partial charge in [-0.1, -0.05) is 38.1 Å². The molecule has 206 valence electrons. The number of amides is 1. The lowest BCUT2D eigenvalue weighted by Crippen LogP contribution is -2.60. The van der Waals surface area contributed by atoms with E-state index in [1.165, 1.54) is 0 Å². The molecule has 1 saturated heterocycles. The Kier molecular flexibility index (Phi) is 10.4. The van der Waals surface area contributed by atoms with Gasteiger partial charge in [-0.15, -0.1) is 5.10 Å². The van der Waals surface area contributed by atoms with Gasteiger partial charge >= 0.3 is 0 Å². The Bertz CT molecular complexity index is 995. The Morgan fingerprint density at radius 2 is 1.81 bits per heavy atom. The number of ether oxygens (including phenoxy) is 2. The Labute approximate surface area is 217 Å². The molecule has 3 rings (SSSR count). The second kappa shape index (κ2) is 13.3. The number of nitrogens with one attached hydrogen (secondary N) is 2. The Balaban J connectivity index is 1.66. The smallest absolute Gasteiger partial charge is 0.238 e. The van der Waals surface area contributed by atoms with Crippen LogP contribution in [0.5, 0.6) is 5.88 Å². The fourth-order valence-electron chi connectivity index (χ4n) is 4.27. The summed E-state index contributed by atoms with van der Waals surface area (Å²) < 4.78 is 11.3. The van der Waals surface area contributed by atoms with E-state index in [2.05, 4.69) is 15.5 Å². The number of aliphatic hydroxyl groups excluding tert-OH is 4. The van der Waals surface area contributed by atoms with Crippen molar-refractivity contribution >= 4 is 5.91 Å². The highest BCUT2D eigenvalue weighted by Crippen LogP contribution is 2.31. The van der Waals surface area contributed by atoms with E-state index < -0.39 is 37.3 Å². The molecule has 11 heteroatoms. The van der Waals surface area contributed by atoms with Crippen molar-refractivity contribution in [1.29, 1.82) is 0 Å². The predicted octanol–water partition coefficient (Wildman–Crippen LogP) is 0.0887. The molecule has 0 radical (unpaired) electrons. The minimum atomic E-state index is -1.54. The van der Waals surface area contributed by atoms with Crippen LogP contribution in [0.3, 0.4) is 0 Å². The van der Waals surface area contributed by atoms with E-state index in [0.29, 0.717) is 19.4 Å². The van der Waals surface area contributed by atoms with Gasteiger partial charge in [0.15, 0.2) is 0 Å². The summed E-state index contributed by atoms with van der Waals surface area (Å²) >= 11 is 0. The maximum absolute atomic E-state index is 11.9. The van der Waals surface area contributed by atoms with Gasteiger partial charge < -0.3 is 41.0 Å². The van der Waals surface area contributed by atoms with Gasteiger partial charge in [-0.25, -0.2) is 0 Å². The Hall–Kier alpha value is -2.54. The molecule has 1 aromatic carbocycles. The van der Waals surface area contributed by atoms with Gasteiger partial charge in [-0.05, 0) is 36.8 Å². The third-order valence-corrected chi connectivity index (χ3v) is 6.55. The standard InChI is InChI=1S/C26H40N4O7/c1-14(2)21-18(25(30-29-21)37-26-24(35)23(34)22(33)19(13-31)36-26)11-17-9-7-16(8-10-17)5-4-6-20(32)28-15(3)12-27/h7-10,14-15,19,22-24,26,31,33-35H,4-6,11-13,27H2,1-3H3,(H,28,32)(H,29,30)/t15-,19+,22+,23-,24+,26?/m0/s1. The van der Waals surface area contributed by atoms with Crippen LogP contribution in [0.1, 0.15) is 61.9 Å². The van der Waals surface area contributed by atoms with Crippen molar-refractivity contribution in [3.8, 4) is 5.88 Å². The summed E-state index contributed by atoms with van der Waals surface area (Å²) in [5.74, 6) is 0.333. The molecule has 1 aromatic heterocycles. The fourth-order valence-corrected chi connectivity index (χ4v) is 4.27. The topological polar surface area (TPSA) is 183 Å². The number of carbonyl (C=O) groups is 1. The predicted molar refractivity (Wildman–Crippen MR) is 136 cm³/mol. The van der Waals surface area contributed by atoms with Crippen molar-refractivity contribution in [2.24, 2.45) is 5.73 Å². The maximum atomic E-state index is 11.9. The Morgan fingerprint density at radius 1 is 1.14 bits per heavy atom. The summed E-state index contributed by atoms with van der Waals surface area (Å²) in [5.41, 5.74) is 9.32. The van der Waals surface area contributed by atoms with E-state index in [1.807, 2.05) is 45.0 Å². The molecule has 37 heavy (non-hydrogen) atoms. The third kappa shape index (κ3) is 7.50. The molecular weight excluding hydrogens is 480 g/mol. The molecule has 1 fully saturated rings. The Morgan fingerprint density at radius 3 is 2.43 bits per heavy atom. The number of carbonyl (C=O) groups excluding carboxylic acids is 1. The lowest BCUT2D eigenvalue weighted by atomic mass is 9.97. The number of aryl methyl sites for hydroxylation is 1. The minimum absolute atomic E-state index is 0.00248. The van der Waals surface area contributed by atoms with Crippen LogP contribution in [0.15, 0.2) is 24.3 Å². The number of hydrogen-bond acceptors (Lipinski definition) is 9. The highest BCUT2D eigenvalue weighted by atomic mass is 16.7. The van der Waals surface area contributed by atoms with Crippen LogP contribution < -0.4 is 15.8 Å². The number of benzene rings is 1. The molecule has 2 aromatic rings. The second-order valence-corrected chi connectivity index (χ2v) is 9.94. The van der Waals surface area contributed by atoms with Gasteiger partial charge in [-0.2, -0.15) is 0 Å². The summed E-state index contributed by atoms with van der Waals surface area (Å²) in [5, 5.41) is 50.0. The van der Waals surface area contributed by atoms with E-state index in [4.69, 9.17) is 15.2 Å². The maximum Gasteiger partial charge on any atom is 0.238 e. The van der Waals surface area contributed by atoms with Crippen molar-refractivity contribution in [2.75, 3.05) is 13.2 Å². The lowest BCUT2D eigenvalue weighted by molar-refractivity contribution is -0.278. The van der Waals surface area contributed by atoms with Crippen LogP contribution in [-0.4, -0.2) is 86.4 Å². The highest BCUT2D eigenvalue weighted by Gasteiger charge is 2.45. The van der Waals surface area contributed by atoms with Crippen LogP contribution in [0, 0.1) is 0 Å². The molecule has 0 spiro atoms. The molecule has 6 atom stereocenters. The minimum Gasteiger partial charge on any atom is -0.443 e. The molecule has 1 unspecified atom stereocenters. The molecule has 0 aliphatic carbocycles. The number of nitrogens with zero attached hydrogens (tertiary/aromatic N) is 1. The van der Waals surface area contributed by atoms with Crippen molar-refractivity contribution in [2.45, 2.75) is 89.1 Å². The number of aliphatic hydroxyl groups is 4. The van der Waals surface area contributed by atoms with Gasteiger partial charge in [0.05, 0.1) is 6.61 Å². The van der Waals surface area contributed by atoms with E-state index in [9.17, 15) is 25.2 Å². The normalized spacial score (nSPS) is 24.7. The van der Waals surface area contributed by atoms with Crippen LogP contribution in [0.4, 0.5) is 0 Å². The molecule has 2 heterocycles. The van der Waals surface area contributed by atoms with Gasteiger partial charge in [0.1, 0.15) is 24.4 Å². The van der Waals surface area contributed by atoms with Crippen molar-refractivity contribution < 1.29 is 34.7 Å². The number of nitrogens with two attached hydrogens (primary N) is 1. The number of aromatic nitrogens is 2. The zero-order valence-electron chi connectivity index (χ0n) is 21.6. The fraction of sp³-hybridized carbons (Fsp3) is 0.615. The monoisotopic (exact) mass is 520 g/mol. The zero-order valence-corrected chi connectivity index (χ0v) is 21.6. The summed E-state index contributed by atoms with van der Waals surface area (Å²) in [7, 11) is 0. The zero-order chi connectivity index (χ0) is 27.1. The summed E-state index contributed by atoms with van der Waals surface area (Å²) in [6.07, 6.45) is -4.46. The first-order chi connectivity index (χ1) is 17.6.